The third-order valence-electron chi connectivity index (χ3n) is 10.4. The minimum absolute atomic E-state index is 1.17. The molecule has 48 heavy (non-hydrogen) atoms. The van der Waals surface area contributed by atoms with E-state index >= 15 is 0 Å². The molecule has 2 aromatic heterocycles. The molecule has 0 saturated carbocycles. The Hall–Kier alpha value is -6.38. The number of fused-ring (bicyclic) bond motifs is 15. The van der Waals surface area contributed by atoms with E-state index in [9.17, 15) is 0 Å². The molecule has 222 valence electrons. The van der Waals surface area contributed by atoms with Crippen LogP contribution in [0.4, 0.5) is 0 Å². The first-order valence-corrected chi connectivity index (χ1v) is 16.6. The van der Waals surface area contributed by atoms with Gasteiger partial charge in [-0.2, -0.15) is 0 Å². The Kier molecular flexibility index (Phi) is 5.14. The van der Waals surface area contributed by atoms with Crippen molar-refractivity contribution in [3.63, 3.8) is 0 Å². The van der Waals surface area contributed by atoms with Crippen molar-refractivity contribution in [3.8, 4) is 11.4 Å². The summed E-state index contributed by atoms with van der Waals surface area (Å²) in [7, 11) is 0. The Morgan fingerprint density at radius 3 is 1.62 bits per heavy atom. The molecule has 11 aromatic rings. The van der Waals surface area contributed by atoms with Crippen molar-refractivity contribution in [2.75, 3.05) is 0 Å². The van der Waals surface area contributed by atoms with Crippen molar-refractivity contribution in [3.05, 3.63) is 170 Å². The third-order valence-corrected chi connectivity index (χ3v) is 10.4. The lowest BCUT2D eigenvalue weighted by Gasteiger charge is -2.14. The molecule has 0 aliphatic rings. The van der Waals surface area contributed by atoms with Crippen LogP contribution in [0.1, 0.15) is 0 Å². The van der Waals surface area contributed by atoms with Gasteiger partial charge in [-0.3, -0.25) is 0 Å². The van der Waals surface area contributed by atoms with Gasteiger partial charge < -0.3 is 9.13 Å². The largest absolute Gasteiger partial charge is 0.309 e. The highest BCUT2D eigenvalue weighted by Gasteiger charge is 2.21. The van der Waals surface area contributed by atoms with Gasteiger partial charge in [-0.25, -0.2) is 0 Å². The maximum absolute atomic E-state index is 2.51. The van der Waals surface area contributed by atoms with Gasteiger partial charge in [0, 0.05) is 43.7 Å². The van der Waals surface area contributed by atoms with E-state index in [2.05, 4.69) is 179 Å². The fraction of sp³-hybridized carbons (Fsp3) is 0. The number of para-hydroxylation sites is 2. The molecule has 0 unspecified atom stereocenters. The topological polar surface area (TPSA) is 9.86 Å². The number of hydrogen-bond acceptors (Lipinski definition) is 0. The summed E-state index contributed by atoms with van der Waals surface area (Å²) in [5.41, 5.74) is 7.26. The lowest BCUT2D eigenvalue weighted by Crippen LogP contribution is -1.96. The number of nitrogens with zero attached hydrogens (tertiary/aromatic N) is 2. The van der Waals surface area contributed by atoms with Crippen molar-refractivity contribution in [2.45, 2.75) is 0 Å². The predicted octanol–water partition coefficient (Wildman–Crippen LogP) is 12.5. The fourth-order valence-corrected chi connectivity index (χ4v) is 8.47. The maximum atomic E-state index is 2.51. The fourth-order valence-electron chi connectivity index (χ4n) is 8.47. The van der Waals surface area contributed by atoms with Crippen LogP contribution >= 0.6 is 0 Å². The van der Waals surface area contributed by atoms with Gasteiger partial charge in [0.2, 0.25) is 0 Å². The molecule has 0 fully saturated rings. The zero-order valence-corrected chi connectivity index (χ0v) is 26.1. The van der Waals surface area contributed by atoms with Gasteiger partial charge in [0.15, 0.2) is 0 Å². The predicted molar refractivity (Wildman–Crippen MR) is 205 cm³/mol. The Bertz CT molecular complexity index is 3100. The van der Waals surface area contributed by atoms with E-state index in [-0.39, 0.29) is 0 Å². The van der Waals surface area contributed by atoms with E-state index in [4.69, 9.17) is 0 Å². The van der Waals surface area contributed by atoms with Crippen LogP contribution in [-0.4, -0.2) is 9.13 Å². The van der Waals surface area contributed by atoms with Crippen LogP contribution in [0, 0.1) is 0 Å². The second-order valence-electron chi connectivity index (χ2n) is 12.9. The van der Waals surface area contributed by atoms with Crippen molar-refractivity contribution in [1.82, 2.24) is 9.13 Å². The van der Waals surface area contributed by atoms with Gasteiger partial charge in [-0.15, -0.1) is 0 Å². The molecule has 0 amide bonds. The molecule has 0 atom stereocenters. The summed E-state index contributed by atoms with van der Waals surface area (Å²) in [5.74, 6) is 0. The first kappa shape index (κ1) is 25.8. The zero-order valence-electron chi connectivity index (χ0n) is 26.1. The number of benzene rings is 9. The van der Waals surface area contributed by atoms with Crippen molar-refractivity contribution >= 4 is 86.7 Å². The molecule has 0 aliphatic heterocycles. The second-order valence-corrected chi connectivity index (χ2v) is 12.9. The van der Waals surface area contributed by atoms with E-state index in [0.717, 1.165) is 0 Å². The SMILES string of the molecule is c1ccc(-n2c3ccc(-n4c5ccccc5c5c6ccccc6c6c7ccccc7ccc6c54)cc3c3ccc4ccccc4c32)cc1. The number of hydrogen-bond donors (Lipinski definition) is 0. The van der Waals surface area contributed by atoms with E-state index in [1.54, 1.807) is 0 Å². The molecule has 2 nitrogen and oxygen atoms in total. The van der Waals surface area contributed by atoms with Crippen LogP contribution in [-0.2, 0) is 0 Å². The van der Waals surface area contributed by atoms with Gasteiger partial charge in [0.05, 0.1) is 22.1 Å². The Labute approximate surface area is 276 Å². The third kappa shape index (κ3) is 3.36. The highest BCUT2D eigenvalue weighted by Crippen LogP contribution is 2.45. The smallest absolute Gasteiger partial charge is 0.0626 e. The normalized spacial score (nSPS) is 12.2. The maximum Gasteiger partial charge on any atom is 0.0626 e. The highest BCUT2D eigenvalue weighted by molar-refractivity contribution is 6.36. The molecule has 0 saturated heterocycles. The Morgan fingerprint density at radius 1 is 0.271 bits per heavy atom. The minimum atomic E-state index is 1.17. The van der Waals surface area contributed by atoms with Crippen LogP contribution in [0.2, 0.25) is 0 Å². The first-order chi connectivity index (χ1) is 23.8. The molecule has 0 spiro atoms. The van der Waals surface area contributed by atoms with E-state index < -0.39 is 0 Å². The lowest BCUT2D eigenvalue weighted by molar-refractivity contribution is 1.17. The molecule has 0 radical (unpaired) electrons. The van der Waals surface area contributed by atoms with Gasteiger partial charge >= 0.3 is 0 Å². The molecule has 11 rings (SSSR count). The summed E-state index contributed by atoms with van der Waals surface area (Å²) in [6.07, 6.45) is 0. The average molecular weight is 609 g/mol. The van der Waals surface area contributed by atoms with Crippen molar-refractivity contribution in [1.29, 1.82) is 0 Å². The average Bonchev–Trinajstić information content (AvgIpc) is 3.68. The van der Waals surface area contributed by atoms with Crippen LogP contribution in [0.15, 0.2) is 170 Å². The molecule has 0 bridgehead atoms. The second kappa shape index (κ2) is 9.57. The van der Waals surface area contributed by atoms with E-state index in [0.29, 0.717) is 0 Å². The Balaban J connectivity index is 1.33. The summed E-state index contributed by atoms with van der Waals surface area (Å²) >= 11 is 0. The highest BCUT2D eigenvalue weighted by atomic mass is 15.0. The number of aromatic nitrogens is 2. The quantitative estimate of drug-likeness (QED) is 0.173. The van der Waals surface area contributed by atoms with E-state index in [1.807, 2.05) is 0 Å². The monoisotopic (exact) mass is 608 g/mol. The summed E-state index contributed by atoms with van der Waals surface area (Å²) in [6, 6.07) is 62.4. The number of rotatable bonds is 2. The standard InChI is InChI=1S/C46H28N2/c1-2-14-31(15-3-1)47-42-27-24-32(28-40(42)37-25-22-30-13-5-7-17-34(30)45(37)47)48-41-21-11-10-20-38(41)44-36-19-9-8-18-35(36)43-33-16-6-4-12-29(33)23-26-39(43)46(44)48/h1-28H. The molecule has 2 heterocycles. The lowest BCUT2D eigenvalue weighted by atomic mass is 9.93. The van der Waals surface area contributed by atoms with Crippen LogP contribution in [0.25, 0.3) is 98.1 Å². The van der Waals surface area contributed by atoms with Crippen LogP contribution in [0.5, 0.6) is 0 Å². The molecular weight excluding hydrogens is 581 g/mol. The summed E-state index contributed by atoms with van der Waals surface area (Å²) < 4.78 is 4.96. The molecule has 2 heteroatoms. The molecule has 0 N–H and O–H groups in total. The molecular formula is C46H28N2. The van der Waals surface area contributed by atoms with E-state index in [1.165, 1.54) is 98.1 Å². The van der Waals surface area contributed by atoms with Gasteiger partial charge in [-0.05, 0) is 68.7 Å². The first-order valence-electron chi connectivity index (χ1n) is 16.6. The minimum Gasteiger partial charge on any atom is -0.309 e. The van der Waals surface area contributed by atoms with Crippen LogP contribution in [0.3, 0.4) is 0 Å². The van der Waals surface area contributed by atoms with Crippen molar-refractivity contribution < 1.29 is 0 Å². The van der Waals surface area contributed by atoms with Gasteiger partial charge in [0.25, 0.3) is 0 Å². The van der Waals surface area contributed by atoms with Gasteiger partial charge in [-0.1, -0.05) is 133 Å². The zero-order chi connectivity index (χ0) is 31.3. The van der Waals surface area contributed by atoms with Gasteiger partial charge in [0.1, 0.15) is 0 Å². The molecule has 9 aromatic carbocycles. The summed E-state index contributed by atoms with van der Waals surface area (Å²) in [5, 5.41) is 15.3. The summed E-state index contributed by atoms with van der Waals surface area (Å²) in [6.45, 7) is 0. The van der Waals surface area contributed by atoms with Crippen molar-refractivity contribution in [2.24, 2.45) is 0 Å². The molecule has 0 aliphatic carbocycles. The Morgan fingerprint density at radius 2 is 0.833 bits per heavy atom. The summed E-state index contributed by atoms with van der Waals surface area (Å²) in [4.78, 5) is 0. The van der Waals surface area contributed by atoms with Crippen LogP contribution < -0.4 is 0 Å².